The molecule has 0 fully saturated rings. The maximum atomic E-state index is 10.8. The predicted octanol–water partition coefficient (Wildman–Crippen LogP) is 2.95. The largest absolute Gasteiger partial charge is 0.493 e. The number of carboxylic acid groups (broad SMARTS) is 1. The molecule has 0 spiro atoms. The first kappa shape index (κ1) is 13.6. The van der Waals surface area contributed by atoms with E-state index in [2.05, 4.69) is 15.9 Å². The van der Waals surface area contributed by atoms with Gasteiger partial charge >= 0.3 is 5.97 Å². The number of carboxylic acids is 1. The SMILES string of the molecule is COc1cc(Br)c(/C=C(\C)C(=O)O)cc1OC. The van der Waals surface area contributed by atoms with Gasteiger partial charge in [0, 0.05) is 10.0 Å². The Morgan fingerprint density at radius 3 is 2.29 bits per heavy atom. The molecule has 1 aromatic rings. The van der Waals surface area contributed by atoms with Gasteiger partial charge in [-0.05, 0) is 30.7 Å². The summed E-state index contributed by atoms with van der Waals surface area (Å²) in [7, 11) is 3.08. The molecule has 0 amide bonds. The Balaban J connectivity index is 3.26. The average molecular weight is 301 g/mol. The van der Waals surface area contributed by atoms with Gasteiger partial charge in [0.25, 0.3) is 0 Å². The first-order valence-electron chi connectivity index (χ1n) is 4.82. The van der Waals surface area contributed by atoms with Crippen LogP contribution in [-0.4, -0.2) is 25.3 Å². The number of rotatable bonds is 4. The molecule has 0 unspecified atom stereocenters. The molecule has 1 rings (SSSR count). The molecule has 0 heterocycles. The van der Waals surface area contributed by atoms with Crippen LogP contribution in [0.3, 0.4) is 0 Å². The second-order valence-corrected chi connectivity index (χ2v) is 4.22. The van der Waals surface area contributed by atoms with Crippen molar-refractivity contribution in [3.05, 3.63) is 27.7 Å². The van der Waals surface area contributed by atoms with Gasteiger partial charge in [-0.1, -0.05) is 15.9 Å². The van der Waals surface area contributed by atoms with E-state index < -0.39 is 5.97 Å². The molecule has 1 aromatic carbocycles. The summed E-state index contributed by atoms with van der Waals surface area (Å²) in [5.74, 6) is 0.191. The highest BCUT2D eigenvalue weighted by atomic mass is 79.9. The number of ether oxygens (including phenoxy) is 2. The van der Waals surface area contributed by atoms with Crippen LogP contribution < -0.4 is 9.47 Å². The molecule has 0 aromatic heterocycles. The molecule has 0 bridgehead atoms. The fourth-order valence-electron chi connectivity index (χ4n) is 1.28. The van der Waals surface area contributed by atoms with Crippen molar-refractivity contribution in [1.29, 1.82) is 0 Å². The van der Waals surface area contributed by atoms with Crippen molar-refractivity contribution in [2.24, 2.45) is 0 Å². The molecule has 4 nitrogen and oxygen atoms in total. The summed E-state index contributed by atoms with van der Waals surface area (Å²) >= 11 is 3.36. The molecule has 0 radical (unpaired) electrons. The monoisotopic (exact) mass is 300 g/mol. The highest BCUT2D eigenvalue weighted by molar-refractivity contribution is 9.10. The van der Waals surface area contributed by atoms with Crippen molar-refractivity contribution in [2.75, 3.05) is 14.2 Å². The summed E-state index contributed by atoms with van der Waals surface area (Å²) in [6, 6.07) is 3.45. The van der Waals surface area contributed by atoms with Crippen molar-refractivity contribution in [2.45, 2.75) is 6.92 Å². The van der Waals surface area contributed by atoms with Crippen LogP contribution in [0.5, 0.6) is 11.5 Å². The predicted molar refractivity (Wildman–Crippen MR) is 68.5 cm³/mol. The zero-order chi connectivity index (χ0) is 13.0. The van der Waals surface area contributed by atoms with E-state index >= 15 is 0 Å². The molecule has 17 heavy (non-hydrogen) atoms. The molecule has 0 aliphatic rings. The van der Waals surface area contributed by atoms with Crippen LogP contribution in [0.1, 0.15) is 12.5 Å². The Kier molecular flexibility index (Phi) is 4.57. The van der Waals surface area contributed by atoms with Crippen LogP contribution in [-0.2, 0) is 4.79 Å². The van der Waals surface area contributed by atoms with E-state index in [1.807, 2.05) is 0 Å². The lowest BCUT2D eigenvalue weighted by atomic mass is 10.1. The summed E-state index contributed by atoms with van der Waals surface area (Å²) in [4.78, 5) is 10.8. The number of benzene rings is 1. The standard InChI is InChI=1S/C12H13BrO4/c1-7(12(14)15)4-8-5-10(16-2)11(17-3)6-9(8)13/h4-6H,1-3H3,(H,14,15)/b7-4+. The fourth-order valence-corrected chi connectivity index (χ4v) is 1.71. The van der Waals surface area contributed by atoms with Crippen LogP contribution >= 0.6 is 15.9 Å². The van der Waals surface area contributed by atoms with Gasteiger partial charge in [0.15, 0.2) is 11.5 Å². The van der Waals surface area contributed by atoms with Crippen molar-refractivity contribution < 1.29 is 19.4 Å². The minimum Gasteiger partial charge on any atom is -0.493 e. The maximum Gasteiger partial charge on any atom is 0.331 e. The molecule has 0 atom stereocenters. The van der Waals surface area contributed by atoms with Crippen molar-refractivity contribution >= 4 is 28.0 Å². The van der Waals surface area contributed by atoms with Gasteiger partial charge in [-0.25, -0.2) is 4.79 Å². The Bertz CT molecular complexity index is 466. The third-order valence-electron chi connectivity index (χ3n) is 2.21. The van der Waals surface area contributed by atoms with E-state index in [1.54, 1.807) is 25.3 Å². The Morgan fingerprint density at radius 1 is 1.29 bits per heavy atom. The van der Waals surface area contributed by atoms with Crippen LogP contribution in [0.15, 0.2) is 22.2 Å². The first-order valence-corrected chi connectivity index (χ1v) is 5.62. The number of aliphatic carboxylic acids is 1. The minimum absolute atomic E-state index is 0.248. The van der Waals surface area contributed by atoms with Crippen molar-refractivity contribution in [1.82, 2.24) is 0 Å². The van der Waals surface area contributed by atoms with E-state index in [0.29, 0.717) is 11.5 Å². The smallest absolute Gasteiger partial charge is 0.331 e. The van der Waals surface area contributed by atoms with Gasteiger partial charge in [0.2, 0.25) is 0 Å². The zero-order valence-corrected chi connectivity index (χ0v) is 11.4. The molecular weight excluding hydrogens is 288 g/mol. The quantitative estimate of drug-likeness (QED) is 0.869. The first-order chi connectivity index (χ1) is 7.99. The zero-order valence-electron chi connectivity index (χ0n) is 9.78. The molecular formula is C12H13BrO4. The molecule has 92 valence electrons. The third-order valence-corrected chi connectivity index (χ3v) is 2.90. The van der Waals surface area contributed by atoms with Crippen molar-refractivity contribution in [3.8, 4) is 11.5 Å². The fraction of sp³-hybridized carbons (Fsp3) is 0.250. The Hall–Kier alpha value is -1.49. The molecule has 5 heteroatoms. The van der Waals surface area contributed by atoms with Crippen LogP contribution in [0.4, 0.5) is 0 Å². The van der Waals surface area contributed by atoms with Crippen molar-refractivity contribution in [3.63, 3.8) is 0 Å². The highest BCUT2D eigenvalue weighted by Crippen LogP contribution is 2.34. The molecule has 1 N–H and O–H groups in total. The van der Waals surface area contributed by atoms with E-state index in [4.69, 9.17) is 14.6 Å². The number of halogens is 1. The summed E-state index contributed by atoms with van der Waals surface area (Å²) in [6.45, 7) is 1.53. The van der Waals surface area contributed by atoms with Crippen LogP contribution in [0.25, 0.3) is 6.08 Å². The second kappa shape index (κ2) is 5.72. The average Bonchev–Trinajstić information content (AvgIpc) is 2.30. The van der Waals surface area contributed by atoms with Gasteiger partial charge in [-0.3, -0.25) is 0 Å². The topological polar surface area (TPSA) is 55.8 Å². The molecule has 0 aliphatic heterocycles. The van der Waals surface area contributed by atoms with Crippen LogP contribution in [0, 0.1) is 0 Å². The van der Waals surface area contributed by atoms with Gasteiger partial charge in [0.05, 0.1) is 14.2 Å². The normalized spacial score (nSPS) is 11.2. The lowest BCUT2D eigenvalue weighted by Gasteiger charge is -2.10. The number of methoxy groups -OCH3 is 2. The van der Waals surface area contributed by atoms with Gasteiger partial charge in [-0.2, -0.15) is 0 Å². The van der Waals surface area contributed by atoms with E-state index in [9.17, 15) is 4.79 Å². The lowest BCUT2D eigenvalue weighted by molar-refractivity contribution is -0.132. The molecule has 0 aliphatic carbocycles. The summed E-state index contributed by atoms with van der Waals surface area (Å²) in [6.07, 6.45) is 1.56. The van der Waals surface area contributed by atoms with E-state index in [1.165, 1.54) is 14.0 Å². The number of hydrogen-bond acceptors (Lipinski definition) is 3. The minimum atomic E-state index is -0.952. The summed E-state index contributed by atoms with van der Waals surface area (Å²) < 4.78 is 11.0. The molecule has 0 saturated carbocycles. The summed E-state index contributed by atoms with van der Waals surface area (Å²) in [5.41, 5.74) is 0.973. The Labute approximate surface area is 108 Å². The number of carbonyl (C=O) groups is 1. The summed E-state index contributed by atoms with van der Waals surface area (Å²) in [5, 5.41) is 8.82. The van der Waals surface area contributed by atoms with E-state index in [-0.39, 0.29) is 5.57 Å². The van der Waals surface area contributed by atoms with E-state index in [0.717, 1.165) is 10.0 Å². The van der Waals surface area contributed by atoms with Crippen LogP contribution in [0.2, 0.25) is 0 Å². The third kappa shape index (κ3) is 3.23. The number of hydrogen-bond donors (Lipinski definition) is 1. The molecule has 0 saturated heterocycles. The second-order valence-electron chi connectivity index (χ2n) is 3.36. The maximum absolute atomic E-state index is 10.8. The highest BCUT2D eigenvalue weighted by Gasteiger charge is 2.09. The van der Waals surface area contributed by atoms with Gasteiger partial charge < -0.3 is 14.6 Å². The lowest BCUT2D eigenvalue weighted by Crippen LogP contribution is -1.96. The Morgan fingerprint density at radius 2 is 1.82 bits per heavy atom. The van der Waals surface area contributed by atoms with Gasteiger partial charge in [0.1, 0.15) is 0 Å². The van der Waals surface area contributed by atoms with Gasteiger partial charge in [-0.15, -0.1) is 0 Å².